The molecule has 1 atom stereocenters. The quantitative estimate of drug-likeness (QED) is 0.775. The van der Waals surface area contributed by atoms with E-state index in [4.69, 9.17) is 0 Å². The average Bonchev–Trinajstić information content (AvgIpc) is 3.19. The van der Waals surface area contributed by atoms with Gasteiger partial charge in [0.2, 0.25) is 10.0 Å². The molecule has 2 rings (SSSR count). The molecule has 0 saturated heterocycles. The first-order chi connectivity index (χ1) is 9.92. The molecule has 0 aromatic heterocycles. The summed E-state index contributed by atoms with van der Waals surface area (Å²) in [6.45, 7) is 4.33. The van der Waals surface area contributed by atoms with E-state index in [9.17, 15) is 12.8 Å². The molecule has 1 unspecified atom stereocenters. The highest BCUT2D eigenvalue weighted by Crippen LogP contribution is 2.21. The monoisotopic (exact) mass is 314 g/mol. The third-order valence-electron chi connectivity index (χ3n) is 3.54. The van der Waals surface area contributed by atoms with Gasteiger partial charge in [0.1, 0.15) is 10.7 Å². The van der Waals surface area contributed by atoms with Gasteiger partial charge in [-0.25, -0.2) is 17.5 Å². The van der Waals surface area contributed by atoms with Crippen molar-refractivity contribution in [3.05, 3.63) is 29.6 Å². The van der Waals surface area contributed by atoms with Gasteiger partial charge >= 0.3 is 0 Å². The molecule has 2 N–H and O–H groups in total. The maximum Gasteiger partial charge on any atom is 0.243 e. The highest BCUT2D eigenvalue weighted by molar-refractivity contribution is 7.89. The Balaban J connectivity index is 2.07. The Morgan fingerprint density at radius 2 is 2.10 bits per heavy atom. The summed E-state index contributed by atoms with van der Waals surface area (Å²) in [6, 6.07) is 4.65. The van der Waals surface area contributed by atoms with Crippen LogP contribution >= 0.6 is 0 Å². The van der Waals surface area contributed by atoms with Crippen LogP contribution in [0.3, 0.4) is 0 Å². The third-order valence-corrected chi connectivity index (χ3v) is 5.16. The van der Waals surface area contributed by atoms with Crippen molar-refractivity contribution in [3.63, 3.8) is 0 Å². The molecule has 4 nitrogen and oxygen atoms in total. The Morgan fingerprint density at radius 1 is 1.38 bits per heavy atom. The van der Waals surface area contributed by atoms with Gasteiger partial charge < -0.3 is 5.32 Å². The van der Waals surface area contributed by atoms with Crippen LogP contribution in [0, 0.1) is 5.82 Å². The van der Waals surface area contributed by atoms with Crippen molar-refractivity contribution in [3.8, 4) is 0 Å². The first-order valence-corrected chi connectivity index (χ1v) is 8.95. The summed E-state index contributed by atoms with van der Waals surface area (Å²) >= 11 is 0. The van der Waals surface area contributed by atoms with Crippen LogP contribution in [0.5, 0.6) is 0 Å². The topological polar surface area (TPSA) is 58.2 Å². The number of sulfonamides is 1. The molecule has 1 aromatic carbocycles. The number of halogens is 1. The maximum absolute atomic E-state index is 14.1. The van der Waals surface area contributed by atoms with Crippen LogP contribution < -0.4 is 10.0 Å². The first-order valence-electron chi connectivity index (χ1n) is 7.46. The predicted octanol–water partition coefficient (Wildman–Crippen LogP) is 2.54. The van der Waals surface area contributed by atoms with E-state index >= 15 is 0 Å². The van der Waals surface area contributed by atoms with E-state index in [2.05, 4.69) is 10.0 Å². The predicted molar refractivity (Wildman–Crippen MR) is 81.0 cm³/mol. The van der Waals surface area contributed by atoms with Crippen molar-refractivity contribution in [2.24, 2.45) is 0 Å². The minimum absolute atomic E-state index is 0.199. The summed E-state index contributed by atoms with van der Waals surface area (Å²) in [4.78, 5) is -0.277. The van der Waals surface area contributed by atoms with E-state index < -0.39 is 15.8 Å². The Labute approximate surface area is 126 Å². The molecule has 0 aliphatic heterocycles. The SMILES string of the molecule is CCCC(C)NS(=O)(=O)c1ccc(CNC2CC2)cc1F. The largest absolute Gasteiger partial charge is 0.310 e. The average molecular weight is 314 g/mol. The molecule has 1 aromatic rings. The molecule has 118 valence electrons. The van der Waals surface area contributed by atoms with Gasteiger partial charge in [0.25, 0.3) is 0 Å². The number of benzene rings is 1. The lowest BCUT2D eigenvalue weighted by Gasteiger charge is -2.14. The van der Waals surface area contributed by atoms with Crippen LogP contribution in [0.4, 0.5) is 4.39 Å². The summed E-state index contributed by atoms with van der Waals surface area (Å²) in [5.74, 6) is -0.693. The zero-order chi connectivity index (χ0) is 15.5. The summed E-state index contributed by atoms with van der Waals surface area (Å²) in [5.41, 5.74) is 0.764. The standard InChI is InChI=1S/C15H23FN2O2S/c1-3-4-11(2)18-21(19,20)15-8-5-12(9-14(15)16)10-17-13-6-7-13/h5,8-9,11,13,17-18H,3-4,6-7,10H2,1-2H3. The van der Waals surface area contributed by atoms with Gasteiger partial charge in [-0.3, -0.25) is 0 Å². The summed E-state index contributed by atoms with van der Waals surface area (Å²) in [5, 5.41) is 3.28. The maximum atomic E-state index is 14.1. The van der Waals surface area contributed by atoms with E-state index in [0.29, 0.717) is 12.6 Å². The molecule has 1 fully saturated rings. The van der Waals surface area contributed by atoms with E-state index in [1.54, 1.807) is 13.0 Å². The Morgan fingerprint density at radius 3 is 2.67 bits per heavy atom. The van der Waals surface area contributed by atoms with Crippen molar-refractivity contribution in [2.45, 2.75) is 63.1 Å². The second-order valence-corrected chi connectivity index (χ2v) is 7.41. The van der Waals surface area contributed by atoms with Crippen molar-refractivity contribution in [2.75, 3.05) is 0 Å². The van der Waals surface area contributed by atoms with Gasteiger partial charge in [-0.2, -0.15) is 0 Å². The van der Waals surface area contributed by atoms with Gasteiger partial charge in [0.05, 0.1) is 0 Å². The van der Waals surface area contributed by atoms with E-state index in [0.717, 1.165) is 31.2 Å². The van der Waals surface area contributed by atoms with Crippen molar-refractivity contribution >= 4 is 10.0 Å². The van der Waals surface area contributed by atoms with Crippen molar-refractivity contribution in [1.82, 2.24) is 10.0 Å². The molecule has 0 bridgehead atoms. The van der Waals surface area contributed by atoms with Crippen LogP contribution in [-0.4, -0.2) is 20.5 Å². The van der Waals surface area contributed by atoms with Gasteiger partial charge in [0, 0.05) is 18.6 Å². The van der Waals surface area contributed by atoms with E-state index in [-0.39, 0.29) is 10.9 Å². The second-order valence-electron chi connectivity index (χ2n) is 5.73. The number of hydrogen-bond donors (Lipinski definition) is 2. The van der Waals surface area contributed by atoms with Crippen LogP contribution in [0.1, 0.15) is 45.1 Å². The van der Waals surface area contributed by atoms with Crippen molar-refractivity contribution in [1.29, 1.82) is 0 Å². The Hall–Kier alpha value is -0.980. The molecule has 0 spiro atoms. The zero-order valence-corrected chi connectivity index (χ0v) is 13.3. The minimum atomic E-state index is -3.79. The van der Waals surface area contributed by atoms with E-state index in [1.165, 1.54) is 12.1 Å². The van der Waals surface area contributed by atoms with Gasteiger partial charge in [-0.1, -0.05) is 19.4 Å². The molecule has 0 amide bonds. The lowest BCUT2D eigenvalue weighted by atomic mass is 10.2. The first kappa shape index (κ1) is 16.4. The van der Waals surface area contributed by atoms with Crippen molar-refractivity contribution < 1.29 is 12.8 Å². The zero-order valence-electron chi connectivity index (χ0n) is 12.5. The Bertz CT molecular complexity index is 585. The molecule has 1 aliphatic rings. The molecular weight excluding hydrogens is 291 g/mol. The van der Waals surface area contributed by atoms with Gasteiger partial charge in [-0.05, 0) is 43.9 Å². The summed E-state index contributed by atoms with van der Waals surface area (Å²) in [6.07, 6.45) is 3.92. The fourth-order valence-corrected chi connectivity index (χ4v) is 3.58. The molecule has 1 saturated carbocycles. The van der Waals surface area contributed by atoms with E-state index in [1.807, 2.05) is 6.92 Å². The molecular formula is C15H23FN2O2S. The fraction of sp³-hybridized carbons (Fsp3) is 0.600. The second kappa shape index (κ2) is 6.85. The highest BCUT2D eigenvalue weighted by Gasteiger charge is 2.22. The summed E-state index contributed by atoms with van der Waals surface area (Å²) < 4.78 is 40.9. The van der Waals surface area contributed by atoms with Gasteiger partial charge in [-0.15, -0.1) is 0 Å². The molecule has 0 radical (unpaired) electrons. The Kier molecular flexibility index (Phi) is 5.35. The lowest BCUT2D eigenvalue weighted by molar-refractivity contribution is 0.530. The fourth-order valence-electron chi connectivity index (χ4n) is 2.24. The lowest BCUT2D eigenvalue weighted by Crippen LogP contribution is -2.33. The summed E-state index contributed by atoms with van der Waals surface area (Å²) in [7, 11) is -3.79. The number of nitrogens with one attached hydrogen (secondary N) is 2. The van der Waals surface area contributed by atoms with Crippen LogP contribution in [-0.2, 0) is 16.6 Å². The molecule has 0 heterocycles. The normalized spacial score (nSPS) is 16.9. The minimum Gasteiger partial charge on any atom is -0.310 e. The van der Waals surface area contributed by atoms with Crippen LogP contribution in [0.25, 0.3) is 0 Å². The molecule has 1 aliphatic carbocycles. The van der Waals surface area contributed by atoms with Gasteiger partial charge in [0.15, 0.2) is 0 Å². The number of hydrogen-bond acceptors (Lipinski definition) is 3. The highest BCUT2D eigenvalue weighted by atomic mass is 32.2. The smallest absolute Gasteiger partial charge is 0.243 e. The van der Waals surface area contributed by atoms with Crippen LogP contribution in [0.2, 0.25) is 0 Å². The molecule has 21 heavy (non-hydrogen) atoms. The third kappa shape index (κ3) is 4.76. The molecule has 6 heteroatoms. The van der Waals surface area contributed by atoms with Crippen LogP contribution in [0.15, 0.2) is 23.1 Å². The number of rotatable bonds is 8.